The molecule has 4 rings (SSSR count). The highest BCUT2D eigenvalue weighted by molar-refractivity contribution is 8.32. The summed E-state index contributed by atoms with van der Waals surface area (Å²) in [5, 5.41) is 22.0. The standard InChI is InChI=1S/C22H12N2S2/c23-13-19(14-24)17-7-5-15(6-8-17)16-9-11-18(12-10-16)22-25-20-3-1-2-4-21(20)26-22/h1-12H. The van der Waals surface area contributed by atoms with Gasteiger partial charge in [-0.3, -0.25) is 0 Å². The fourth-order valence-corrected chi connectivity index (χ4v) is 5.23. The van der Waals surface area contributed by atoms with Gasteiger partial charge in [-0.15, -0.1) is 0 Å². The van der Waals surface area contributed by atoms with Crippen LogP contribution in [0.5, 0.6) is 0 Å². The van der Waals surface area contributed by atoms with E-state index in [9.17, 15) is 0 Å². The summed E-state index contributed by atoms with van der Waals surface area (Å²) in [6.45, 7) is 0. The van der Waals surface area contributed by atoms with Gasteiger partial charge < -0.3 is 0 Å². The maximum Gasteiger partial charge on any atom is 0.136 e. The summed E-state index contributed by atoms with van der Waals surface area (Å²) in [6, 6.07) is 28.3. The Hall–Kier alpha value is -2.92. The first kappa shape index (κ1) is 16.5. The highest BCUT2D eigenvalue weighted by Crippen LogP contribution is 2.51. The lowest BCUT2D eigenvalue weighted by molar-refractivity contribution is 1.27. The molecule has 0 unspecified atom stereocenters. The number of benzene rings is 3. The number of nitriles is 2. The summed E-state index contributed by atoms with van der Waals surface area (Å²) in [5.74, 6) is 0. The van der Waals surface area contributed by atoms with Crippen molar-refractivity contribution >= 4 is 33.3 Å². The zero-order chi connectivity index (χ0) is 17.9. The Morgan fingerprint density at radius 3 is 1.58 bits per heavy atom. The van der Waals surface area contributed by atoms with Gasteiger partial charge in [0.25, 0.3) is 0 Å². The van der Waals surface area contributed by atoms with E-state index in [1.165, 1.54) is 19.2 Å². The molecular formula is C22H12N2S2. The molecule has 0 atom stereocenters. The van der Waals surface area contributed by atoms with E-state index in [1.54, 1.807) is 0 Å². The van der Waals surface area contributed by atoms with E-state index < -0.39 is 0 Å². The number of rotatable bonds is 0. The van der Waals surface area contributed by atoms with Gasteiger partial charge in [-0.2, -0.15) is 10.5 Å². The van der Waals surface area contributed by atoms with Gasteiger partial charge in [0.1, 0.15) is 17.7 Å². The van der Waals surface area contributed by atoms with Crippen LogP contribution in [-0.4, -0.2) is 0 Å². The Morgan fingerprint density at radius 2 is 1.08 bits per heavy atom. The molecule has 0 bridgehead atoms. The molecule has 3 aromatic rings. The van der Waals surface area contributed by atoms with E-state index in [-0.39, 0.29) is 5.57 Å². The number of nitrogens with zero attached hydrogens (tertiary/aromatic N) is 2. The van der Waals surface area contributed by atoms with Crippen LogP contribution in [0.4, 0.5) is 0 Å². The Morgan fingerprint density at radius 1 is 0.615 bits per heavy atom. The van der Waals surface area contributed by atoms with Crippen LogP contribution in [0.3, 0.4) is 0 Å². The molecule has 0 N–H and O–H groups in total. The Balaban J connectivity index is 1.77. The quantitative estimate of drug-likeness (QED) is 0.598. The Kier molecular flexibility index (Phi) is 4.54. The lowest BCUT2D eigenvalue weighted by Crippen LogP contribution is -2.02. The molecule has 0 aromatic heterocycles. The average molecular weight is 368 g/mol. The average Bonchev–Trinajstić information content (AvgIpc) is 3.14. The second kappa shape index (κ2) is 7.14. The van der Waals surface area contributed by atoms with Crippen molar-refractivity contribution in [1.82, 2.24) is 0 Å². The van der Waals surface area contributed by atoms with Crippen LogP contribution in [0.25, 0.3) is 9.81 Å². The topological polar surface area (TPSA) is 47.6 Å². The minimum Gasteiger partial charge on any atom is -0.192 e. The predicted molar refractivity (Wildman–Crippen MR) is 106 cm³/mol. The maximum atomic E-state index is 8.95. The lowest BCUT2D eigenvalue weighted by Gasteiger charge is -1.95. The molecular weight excluding hydrogens is 356 g/mol. The molecule has 0 fully saturated rings. The predicted octanol–water partition coefficient (Wildman–Crippen LogP) is 4.14. The first-order valence-corrected chi connectivity index (χ1v) is 9.62. The first-order chi connectivity index (χ1) is 12.8. The van der Waals surface area contributed by atoms with Gasteiger partial charge in [0.15, 0.2) is 0 Å². The molecule has 3 aromatic carbocycles. The van der Waals surface area contributed by atoms with Crippen LogP contribution < -0.4 is 10.4 Å². The molecule has 0 amide bonds. The van der Waals surface area contributed by atoms with Crippen molar-refractivity contribution in [2.24, 2.45) is 0 Å². The number of hydrogen-bond donors (Lipinski definition) is 0. The van der Waals surface area contributed by atoms with Crippen molar-refractivity contribution in [2.75, 3.05) is 0 Å². The van der Waals surface area contributed by atoms with Crippen LogP contribution in [0, 0.1) is 33.1 Å². The third-order valence-corrected chi connectivity index (χ3v) is 6.73. The van der Waals surface area contributed by atoms with Gasteiger partial charge in [-0.1, -0.05) is 84.2 Å². The van der Waals surface area contributed by atoms with Gasteiger partial charge >= 0.3 is 0 Å². The minimum absolute atomic E-state index is 0.137. The van der Waals surface area contributed by atoms with E-state index in [0.29, 0.717) is 5.22 Å². The first-order valence-electron chi connectivity index (χ1n) is 7.98. The molecule has 2 nitrogen and oxygen atoms in total. The van der Waals surface area contributed by atoms with Crippen LogP contribution in [0.15, 0.2) is 82.6 Å². The molecule has 0 saturated heterocycles. The highest BCUT2D eigenvalue weighted by atomic mass is 32.2. The van der Waals surface area contributed by atoms with E-state index in [1.807, 2.05) is 59.9 Å². The normalized spacial score (nSPS) is 12.2. The van der Waals surface area contributed by atoms with Crippen LogP contribution >= 0.6 is 23.5 Å². The molecule has 0 saturated carbocycles. The zero-order valence-corrected chi connectivity index (χ0v) is 15.3. The number of thioether (sulfide) groups is 2. The molecule has 0 aliphatic carbocycles. The summed E-state index contributed by atoms with van der Waals surface area (Å²) < 4.78 is 1.30. The van der Waals surface area contributed by atoms with Gasteiger partial charge in [-0.05, 0) is 27.8 Å². The maximum absolute atomic E-state index is 8.95. The second-order valence-electron chi connectivity index (χ2n) is 5.69. The van der Waals surface area contributed by atoms with Crippen molar-refractivity contribution in [3.8, 4) is 12.1 Å². The summed E-state index contributed by atoms with van der Waals surface area (Å²) in [5.41, 5.74) is 0.137. The van der Waals surface area contributed by atoms with Crippen molar-refractivity contribution in [1.29, 1.82) is 10.5 Å². The number of fused-ring (bicyclic) bond motifs is 1. The number of hydrogen-bond acceptors (Lipinski definition) is 4. The summed E-state index contributed by atoms with van der Waals surface area (Å²) in [4.78, 5) is 2.63. The smallest absolute Gasteiger partial charge is 0.136 e. The van der Waals surface area contributed by atoms with Gasteiger partial charge in [0, 0.05) is 15.0 Å². The Bertz CT molecular complexity index is 1220. The molecule has 4 heteroatoms. The second-order valence-corrected chi connectivity index (χ2v) is 8.05. The molecule has 0 radical (unpaired) electrons. The molecule has 1 heterocycles. The van der Waals surface area contributed by atoms with E-state index in [2.05, 4.69) is 48.5 Å². The van der Waals surface area contributed by atoms with Crippen LogP contribution in [-0.2, 0) is 0 Å². The van der Waals surface area contributed by atoms with Crippen molar-refractivity contribution in [3.63, 3.8) is 0 Å². The van der Waals surface area contributed by atoms with Crippen molar-refractivity contribution < 1.29 is 0 Å². The zero-order valence-electron chi connectivity index (χ0n) is 13.6. The third-order valence-electron chi connectivity index (χ3n) is 4.11. The third kappa shape index (κ3) is 3.13. The van der Waals surface area contributed by atoms with E-state index >= 15 is 0 Å². The summed E-state index contributed by atoms with van der Waals surface area (Å²) in [7, 11) is 0. The minimum atomic E-state index is 0.137. The molecule has 1 aliphatic heterocycles. The van der Waals surface area contributed by atoms with Crippen molar-refractivity contribution in [3.05, 3.63) is 93.7 Å². The summed E-state index contributed by atoms with van der Waals surface area (Å²) >= 11 is 3.63. The Labute approximate surface area is 159 Å². The monoisotopic (exact) mass is 368 g/mol. The van der Waals surface area contributed by atoms with Gasteiger partial charge in [0.05, 0.1) is 4.24 Å². The summed E-state index contributed by atoms with van der Waals surface area (Å²) in [6.07, 6.45) is 0. The lowest BCUT2D eigenvalue weighted by atomic mass is 10.1. The van der Waals surface area contributed by atoms with E-state index in [0.717, 1.165) is 10.4 Å². The van der Waals surface area contributed by atoms with E-state index in [4.69, 9.17) is 10.5 Å². The SMILES string of the molecule is N#CC(C#N)=c1ccc(=c2ccc(=C3Sc4ccccc4S3)cc2)cc1. The molecule has 0 spiro atoms. The van der Waals surface area contributed by atoms with Crippen molar-refractivity contribution in [2.45, 2.75) is 9.79 Å². The molecule has 26 heavy (non-hydrogen) atoms. The highest BCUT2D eigenvalue weighted by Gasteiger charge is 2.16. The van der Waals surface area contributed by atoms with Gasteiger partial charge in [0.2, 0.25) is 0 Å². The van der Waals surface area contributed by atoms with Crippen LogP contribution in [0.1, 0.15) is 0 Å². The fraction of sp³-hybridized carbons (Fsp3) is 0. The largest absolute Gasteiger partial charge is 0.192 e. The molecule has 1 aliphatic rings. The van der Waals surface area contributed by atoms with Gasteiger partial charge in [-0.25, -0.2) is 0 Å². The fourth-order valence-electron chi connectivity index (χ4n) is 2.74. The molecule has 122 valence electrons. The van der Waals surface area contributed by atoms with Crippen LogP contribution in [0.2, 0.25) is 0 Å².